The van der Waals surface area contributed by atoms with Gasteiger partial charge in [0.25, 0.3) is 0 Å². The zero-order chi connectivity index (χ0) is 8.81. The number of pyridine rings is 1. The molecule has 1 unspecified atom stereocenters. The van der Waals surface area contributed by atoms with Crippen molar-refractivity contribution in [2.45, 2.75) is 18.9 Å². The van der Waals surface area contributed by atoms with Gasteiger partial charge in [0.05, 0.1) is 6.10 Å². The molecule has 1 rings (SSSR count). The van der Waals surface area contributed by atoms with Gasteiger partial charge in [0.2, 0.25) is 0 Å². The van der Waals surface area contributed by atoms with Gasteiger partial charge in [0, 0.05) is 18.8 Å². The highest BCUT2D eigenvalue weighted by Gasteiger charge is 2.04. The number of aliphatic hydroxyl groups is 1. The van der Waals surface area contributed by atoms with E-state index in [1.165, 1.54) is 0 Å². The zero-order valence-corrected chi connectivity index (χ0v) is 6.77. The van der Waals surface area contributed by atoms with Crippen molar-refractivity contribution < 1.29 is 5.11 Å². The minimum atomic E-state index is -0.477. The van der Waals surface area contributed by atoms with Gasteiger partial charge in [-0.15, -0.1) is 12.3 Å². The number of aliphatic hydroxyl groups excluding tert-OH is 1. The number of terminal acetylenes is 1. The van der Waals surface area contributed by atoms with Gasteiger partial charge in [0.15, 0.2) is 0 Å². The van der Waals surface area contributed by atoms with Crippen LogP contribution in [0.5, 0.6) is 0 Å². The van der Waals surface area contributed by atoms with Crippen molar-refractivity contribution >= 4 is 0 Å². The summed E-state index contributed by atoms with van der Waals surface area (Å²) in [5, 5.41) is 9.52. The fraction of sp³-hybridized carbons (Fsp3) is 0.300. The lowest BCUT2D eigenvalue weighted by atomic mass is 10.1. The van der Waals surface area contributed by atoms with E-state index in [-0.39, 0.29) is 0 Å². The number of rotatable bonds is 3. The summed E-state index contributed by atoms with van der Waals surface area (Å²) in [7, 11) is 0. The Balaban J connectivity index is 2.55. The summed E-state index contributed by atoms with van der Waals surface area (Å²) in [6.07, 6.45) is 9.13. The zero-order valence-electron chi connectivity index (χ0n) is 6.77. The summed E-state index contributed by atoms with van der Waals surface area (Å²) in [6.45, 7) is 0. The molecule has 1 aromatic heterocycles. The molecule has 0 spiro atoms. The number of aromatic nitrogens is 1. The van der Waals surface area contributed by atoms with Crippen LogP contribution in [0.3, 0.4) is 0 Å². The lowest BCUT2D eigenvalue weighted by Gasteiger charge is -2.07. The molecule has 0 amide bonds. The van der Waals surface area contributed by atoms with Gasteiger partial charge >= 0.3 is 0 Å². The van der Waals surface area contributed by atoms with Crippen LogP contribution in [-0.2, 0) is 0 Å². The SMILES string of the molecule is C#CCCC(O)c1cccnc1. The molecular formula is C10H11NO. The highest BCUT2D eigenvalue weighted by molar-refractivity contribution is 5.11. The Morgan fingerprint density at radius 1 is 1.67 bits per heavy atom. The highest BCUT2D eigenvalue weighted by Crippen LogP contribution is 2.15. The third-order valence-electron chi connectivity index (χ3n) is 1.63. The standard InChI is InChI=1S/C10H11NO/c1-2-3-6-10(12)9-5-4-7-11-8-9/h1,4-5,7-8,10,12H,3,6H2. The second-order valence-corrected chi connectivity index (χ2v) is 2.54. The molecule has 0 radical (unpaired) electrons. The molecule has 2 nitrogen and oxygen atoms in total. The highest BCUT2D eigenvalue weighted by atomic mass is 16.3. The monoisotopic (exact) mass is 161 g/mol. The first-order chi connectivity index (χ1) is 5.84. The summed E-state index contributed by atoms with van der Waals surface area (Å²) in [5.74, 6) is 2.49. The molecule has 0 bridgehead atoms. The van der Waals surface area contributed by atoms with Gasteiger partial charge in [-0.2, -0.15) is 0 Å². The third-order valence-corrected chi connectivity index (χ3v) is 1.63. The largest absolute Gasteiger partial charge is 0.388 e. The predicted molar refractivity (Wildman–Crippen MR) is 47.3 cm³/mol. The molecular weight excluding hydrogens is 150 g/mol. The Morgan fingerprint density at radius 2 is 2.50 bits per heavy atom. The van der Waals surface area contributed by atoms with E-state index in [2.05, 4.69) is 10.9 Å². The summed E-state index contributed by atoms with van der Waals surface area (Å²) in [4.78, 5) is 3.90. The Bertz CT molecular complexity index is 263. The number of hydrogen-bond donors (Lipinski definition) is 1. The number of hydrogen-bond acceptors (Lipinski definition) is 2. The smallest absolute Gasteiger partial charge is 0.0814 e. The van der Waals surface area contributed by atoms with Crippen LogP contribution in [0.4, 0.5) is 0 Å². The molecule has 0 aromatic carbocycles. The molecule has 0 saturated carbocycles. The minimum absolute atomic E-state index is 0.477. The molecule has 2 heteroatoms. The van der Waals surface area contributed by atoms with Gasteiger partial charge in [-0.05, 0) is 18.1 Å². The molecule has 0 aliphatic carbocycles. The van der Waals surface area contributed by atoms with E-state index >= 15 is 0 Å². The van der Waals surface area contributed by atoms with Gasteiger partial charge in [-0.25, -0.2) is 0 Å². The first kappa shape index (κ1) is 8.76. The maximum Gasteiger partial charge on any atom is 0.0814 e. The summed E-state index contributed by atoms with van der Waals surface area (Å²) < 4.78 is 0. The first-order valence-electron chi connectivity index (χ1n) is 3.86. The Labute approximate surface area is 72.3 Å². The Hall–Kier alpha value is -1.33. The van der Waals surface area contributed by atoms with Gasteiger partial charge in [-0.1, -0.05) is 6.07 Å². The molecule has 1 aromatic rings. The van der Waals surface area contributed by atoms with Crippen LogP contribution in [0, 0.1) is 12.3 Å². The van der Waals surface area contributed by atoms with Crippen LogP contribution in [0.2, 0.25) is 0 Å². The van der Waals surface area contributed by atoms with Crippen LogP contribution in [0.15, 0.2) is 24.5 Å². The van der Waals surface area contributed by atoms with Crippen molar-refractivity contribution in [2.24, 2.45) is 0 Å². The molecule has 1 atom stereocenters. The van der Waals surface area contributed by atoms with E-state index in [0.29, 0.717) is 12.8 Å². The van der Waals surface area contributed by atoms with Crippen molar-refractivity contribution in [1.82, 2.24) is 4.98 Å². The van der Waals surface area contributed by atoms with E-state index in [9.17, 15) is 5.11 Å². The van der Waals surface area contributed by atoms with Gasteiger partial charge in [0.1, 0.15) is 0 Å². The average Bonchev–Trinajstić information content (AvgIpc) is 2.15. The van der Waals surface area contributed by atoms with E-state index < -0.39 is 6.10 Å². The molecule has 1 heterocycles. The normalized spacial score (nSPS) is 12.0. The van der Waals surface area contributed by atoms with Gasteiger partial charge in [-0.3, -0.25) is 4.98 Å². The van der Waals surface area contributed by atoms with Crippen molar-refractivity contribution in [3.63, 3.8) is 0 Å². The minimum Gasteiger partial charge on any atom is -0.388 e. The summed E-state index contributed by atoms with van der Waals surface area (Å²) in [6, 6.07) is 3.64. The second kappa shape index (κ2) is 4.53. The second-order valence-electron chi connectivity index (χ2n) is 2.54. The van der Waals surface area contributed by atoms with Crippen LogP contribution < -0.4 is 0 Å². The molecule has 0 aliphatic heterocycles. The van der Waals surface area contributed by atoms with Crippen LogP contribution in [0.25, 0.3) is 0 Å². The van der Waals surface area contributed by atoms with Crippen LogP contribution in [0.1, 0.15) is 24.5 Å². The van der Waals surface area contributed by atoms with E-state index in [1.54, 1.807) is 18.5 Å². The Kier molecular flexibility index (Phi) is 3.31. The fourth-order valence-electron chi connectivity index (χ4n) is 0.960. The quantitative estimate of drug-likeness (QED) is 0.682. The van der Waals surface area contributed by atoms with E-state index in [4.69, 9.17) is 6.42 Å². The van der Waals surface area contributed by atoms with Crippen molar-refractivity contribution in [3.8, 4) is 12.3 Å². The van der Waals surface area contributed by atoms with Crippen molar-refractivity contribution in [2.75, 3.05) is 0 Å². The topological polar surface area (TPSA) is 33.1 Å². The maximum atomic E-state index is 9.52. The predicted octanol–water partition coefficient (Wildman–Crippen LogP) is 1.53. The third kappa shape index (κ3) is 2.37. The average molecular weight is 161 g/mol. The number of nitrogens with zero attached hydrogens (tertiary/aromatic N) is 1. The van der Waals surface area contributed by atoms with Crippen molar-refractivity contribution in [1.29, 1.82) is 0 Å². The first-order valence-corrected chi connectivity index (χ1v) is 3.86. The molecule has 0 saturated heterocycles. The van der Waals surface area contributed by atoms with Crippen LogP contribution in [-0.4, -0.2) is 10.1 Å². The van der Waals surface area contributed by atoms with Crippen LogP contribution >= 0.6 is 0 Å². The molecule has 12 heavy (non-hydrogen) atoms. The molecule has 0 aliphatic rings. The lowest BCUT2D eigenvalue weighted by Crippen LogP contribution is -1.96. The van der Waals surface area contributed by atoms with E-state index in [1.807, 2.05) is 6.07 Å². The summed E-state index contributed by atoms with van der Waals surface area (Å²) in [5.41, 5.74) is 0.827. The summed E-state index contributed by atoms with van der Waals surface area (Å²) >= 11 is 0. The van der Waals surface area contributed by atoms with Crippen molar-refractivity contribution in [3.05, 3.63) is 30.1 Å². The molecule has 1 N–H and O–H groups in total. The lowest BCUT2D eigenvalue weighted by molar-refractivity contribution is 0.169. The van der Waals surface area contributed by atoms with Gasteiger partial charge < -0.3 is 5.11 Å². The fourth-order valence-corrected chi connectivity index (χ4v) is 0.960. The molecule has 62 valence electrons. The maximum absolute atomic E-state index is 9.52. The Morgan fingerprint density at radius 3 is 3.08 bits per heavy atom. The van der Waals surface area contributed by atoms with E-state index in [0.717, 1.165) is 5.56 Å². The molecule has 0 fully saturated rings.